The van der Waals surface area contributed by atoms with Crippen LogP contribution in [0.15, 0.2) is 60.7 Å². The molecule has 2 heterocycles. The van der Waals surface area contributed by atoms with Crippen LogP contribution in [-0.2, 0) is 36.9 Å². The highest BCUT2D eigenvalue weighted by molar-refractivity contribution is 5.14. The first-order valence-electron chi connectivity index (χ1n) is 9.85. The van der Waals surface area contributed by atoms with Gasteiger partial charge in [0.2, 0.25) is 0 Å². The third kappa shape index (κ3) is 5.19. The van der Waals surface area contributed by atoms with Crippen molar-refractivity contribution in [2.75, 3.05) is 13.2 Å². The van der Waals surface area contributed by atoms with Crippen LogP contribution < -0.4 is 0 Å². The van der Waals surface area contributed by atoms with E-state index in [9.17, 15) is 0 Å². The lowest BCUT2D eigenvalue weighted by atomic mass is 10.0. The Morgan fingerprint density at radius 3 is 1.75 bits per heavy atom. The summed E-state index contributed by atoms with van der Waals surface area (Å²) in [5.41, 5.74) is 2.24. The highest BCUT2D eigenvalue weighted by atomic mass is 16.8. The molecular weight excluding hydrogens is 356 g/mol. The van der Waals surface area contributed by atoms with Gasteiger partial charge in [-0.15, -0.1) is 0 Å². The summed E-state index contributed by atoms with van der Waals surface area (Å²) in [5, 5.41) is 0. The van der Waals surface area contributed by atoms with Crippen LogP contribution in [0, 0.1) is 0 Å². The molecule has 0 unspecified atom stereocenters. The monoisotopic (exact) mass is 384 g/mol. The molecule has 2 aromatic rings. The average Bonchev–Trinajstić information content (AvgIpc) is 3.48. The van der Waals surface area contributed by atoms with Crippen LogP contribution in [0.2, 0.25) is 0 Å². The first-order chi connectivity index (χ1) is 13.6. The van der Waals surface area contributed by atoms with Crippen molar-refractivity contribution in [1.29, 1.82) is 0 Å². The molecule has 2 aliphatic heterocycles. The Kier molecular flexibility index (Phi) is 6.09. The molecule has 2 saturated heterocycles. The van der Waals surface area contributed by atoms with E-state index in [1.165, 1.54) is 0 Å². The third-order valence-electron chi connectivity index (χ3n) is 5.02. The minimum absolute atomic E-state index is 0.0248. The van der Waals surface area contributed by atoms with Crippen molar-refractivity contribution in [2.24, 2.45) is 0 Å². The van der Waals surface area contributed by atoms with Gasteiger partial charge in [0, 0.05) is 0 Å². The summed E-state index contributed by atoms with van der Waals surface area (Å²) < 4.78 is 30.2. The minimum Gasteiger partial charge on any atom is -0.370 e. The molecule has 150 valence electrons. The molecule has 2 aromatic carbocycles. The smallest absolute Gasteiger partial charge is 0.163 e. The Bertz CT molecular complexity index is 729. The van der Waals surface area contributed by atoms with E-state index >= 15 is 0 Å². The van der Waals surface area contributed by atoms with E-state index in [1.807, 2.05) is 50.2 Å². The first-order valence-corrected chi connectivity index (χ1v) is 9.85. The largest absolute Gasteiger partial charge is 0.370 e. The second-order valence-corrected chi connectivity index (χ2v) is 7.76. The predicted molar refractivity (Wildman–Crippen MR) is 105 cm³/mol. The fourth-order valence-electron chi connectivity index (χ4n) is 3.48. The number of rotatable bonds is 9. The lowest BCUT2D eigenvalue weighted by Gasteiger charge is -2.31. The van der Waals surface area contributed by atoms with Gasteiger partial charge in [0.1, 0.15) is 24.4 Å². The molecule has 2 aliphatic rings. The zero-order valence-corrected chi connectivity index (χ0v) is 16.5. The summed E-state index contributed by atoms with van der Waals surface area (Å²) in [6.07, 6.45) is -0.676. The standard InChI is InChI=1S/C23H28O5/c1-23(2)27-16-20(28-23)22(26-14-18-11-7-4-8-12-18)21(19-15-24-19)25-13-17-9-5-3-6-10-17/h3-12,19-22H,13-16H2,1-2H3/t19-,20-,21-,22+/m1/s1. The van der Waals surface area contributed by atoms with Crippen molar-refractivity contribution in [1.82, 2.24) is 0 Å². The minimum atomic E-state index is -0.618. The van der Waals surface area contributed by atoms with Crippen LogP contribution in [0.4, 0.5) is 0 Å². The SMILES string of the molecule is CC1(C)OC[C@H]([C@H](OCc2ccccc2)[C@H](OCc2ccccc2)[C@H]2CO2)O1. The second-order valence-electron chi connectivity index (χ2n) is 7.76. The van der Waals surface area contributed by atoms with E-state index in [1.54, 1.807) is 0 Å². The number of ether oxygens (including phenoxy) is 5. The van der Waals surface area contributed by atoms with Crippen LogP contribution in [-0.4, -0.2) is 43.4 Å². The number of hydrogen-bond acceptors (Lipinski definition) is 5. The number of epoxide rings is 1. The summed E-state index contributed by atoms with van der Waals surface area (Å²) >= 11 is 0. The van der Waals surface area contributed by atoms with Gasteiger partial charge >= 0.3 is 0 Å². The van der Waals surface area contributed by atoms with Crippen molar-refractivity contribution >= 4 is 0 Å². The maximum Gasteiger partial charge on any atom is 0.163 e. The van der Waals surface area contributed by atoms with Gasteiger partial charge in [0.15, 0.2) is 5.79 Å². The van der Waals surface area contributed by atoms with Crippen molar-refractivity contribution < 1.29 is 23.7 Å². The van der Waals surface area contributed by atoms with Crippen LogP contribution in [0.5, 0.6) is 0 Å². The molecule has 4 atom stereocenters. The molecule has 5 nitrogen and oxygen atoms in total. The maximum atomic E-state index is 6.35. The van der Waals surface area contributed by atoms with Gasteiger partial charge in [-0.2, -0.15) is 0 Å². The Morgan fingerprint density at radius 2 is 1.32 bits per heavy atom. The number of hydrogen-bond donors (Lipinski definition) is 0. The van der Waals surface area contributed by atoms with Crippen molar-refractivity contribution in [2.45, 2.75) is 57.3 Å². The van der Waals surface area contributed by atoms with Crippen LogP contribution in [0.25, 0.3) is 0 Å². The molecule has 5 heteroatoms. The van der Waals surface area contributed by atoms with Gasteiger partial charge < -0.3 is 23.7 Å². The van der Waals surface area contributed by atoms with Gasteiger partial charge in [-0.1, -0.05) is 60.7 Å². The molecule has 2 fully saturated rings. The van der Waals surface area contributed by atoms with Crippen LogP contribution >= 0.6 is 0 Å². The molecule has 0 bridgehead atoms. The van der Waals surface area contributed by atoms with E-state index in [2.05, 4.69) is 24.3 Å². The van der Waals surface area contributed by atoms with Crippen molar-refractivity contribution in [3.05, 3.63) is 71.8 Å². The fourth-order valence-corrected chi connectivity index (χ4v) is 3.48. The van der Waals surface area contributed by atoms with Crippen molar-refractivity contribution in [3.63, 3.8) is 0 Å². The van der Waals surface area contributed by atoms with Crippen LogP contribution in [0.3, 0.4) is 0 Å². The molecule has 0 N–H and O–H groups in total. The van der Waals surface area contributed by atoms with Crippen LogP contribution in [0.1, 0.15) is 25.0 Å². The zero-order valence-electron chi connectivity index (χ0n) is 16.5. The van der Waals surface area contributed by atoms with Gasteiger partial charge in [0.25, 0.3) is 0 Å². The van der Waals surface area contributed by atoms with Crippen molar-refractivity contribution in [3.8, 4) is 0 Å². The molecular formula is C23H28O5. The molecule has 28 heavy (non-hydrogen) atoms. The highest BCUT2D eigenvalue weighted by Crippen LogP contribution is 2.32. The first kappa shape index (κ1) is 19.6. The molecule has 0 radical (unpaired) electrons. The van der Waals surface area contributed by atoms with Gasteiger partial charge in [-0.25, -0.2) is 0 Å². The summed E-state index contributed by atoms with van der Waals surface area (Å²) in [5.74, 6) is -0.618. The lowest BCUT2D eigenvalue weighted by Crippen LogP contribution is -2.46. The van der Waals surface area contributed by atoms with Gasteiger partial charge in [-0.05, 0) is 25.0 Å². The summed E-state index contributed by atoms with van der Waals surface area (Å²) in [4.78, 5) is 0. The number of benzene rings is 2. The normalized spacial score (nSPS) is 25.4. The molecule has 0 saturated carbocycles. The maximum absolute atomic E-state index is 6.35. The zero-order chi connectivity index (χ0) is 19.4. The summed E-state index contributed by atoms with van der Waals surface area (Å²) in [6, 6.07) is 20.3. The van der Waals surface area contributed by atoms with E-state index in [0.29, 0.717) is 26.4 Å². The Labute approximate surface area is 166 Å². The molecule has 0 spiro atoms. The second kappa shape index (κ2) is 8.72. The highest BCUT2D eigenvalue weighted by Gasteiger charge is 2.47. The Morgan fingerprint density at radius 1 is 0.821 bits per heavy atom. The average molecular weight is 384 g/mol. The van der Waals surface area contributed by atoms with E-state index in [-0.39, 0.29) is 24.4 Å². The predicted octanol–water partition coefficient (Wildman–Crippen LogP) is 3.71. The van der Waals surface area contributed by atoms with E-state index in [0.717, 1.165) is 11.1 Å². The molecule has 0 aromatic heterocycles. The van der Waals surface area contributed by atoms with E-state index < -0.39 is 5.79 Å². The van der Waals surface area contributed by atoms with Gasteiger partial charge in [0.05, 0.1) is 26.4 Å². The Balaban J connectivity index is 1.48. The third-order valence-corrected chi connectivity index (χ3v) is 5.02. The summed E-state index contributed by atoms with van der Waals surface area (Å²) in [7, 11) is 0. The van der Waals surface area contributed by atoms with E-state index in [4.69, 9.17) is 23.7 Å². The molecule has 0 amide bonds. The lowest BCUT2D eigenvalue weighted by molar-refractivity contribution is -0.182. The quantitative estimate of drug-likeness (QED) is 0.617. The van der Waals surface area contributed by atoms with Gasteiger partial charge in [-0.3, -0.25) is 0 Å². The topological polar surface area (TPSA) is 49.5 Å². The molecule has 0 aliphatic carbocycles. The summed E-state index contributed by atoms with van der Waals surface area (Å²) in [6.45, 7) is 6.01. The fraction of sp³-hybridized carbons (Fsp3) is 0.478. The Hall–Kier alpha value is -1.76. The molecule has 4 rings (SSSR count).